The summed E-state index contributed by atoms with van der Waals surface area (Å²) in [5, 5.41) is 10.6. The zero-order valence-corrected chi connectivity index (χ0v) is 9.81. The van der Waals surface area contributed by atoms with Gasteiger partial charge in [0.1, 0.15) is 5.69 Å². The Morgan fingerprint density at radius 1 is 1.41 bits per heavy atom. The van der Waals surface area contributed by atoms with Crippen molar-refractivity contribution in [3.8, 4) is 23.0 Å². The van der Waals surface area contributed by atoms with Crippen molar-refractivity contribution in [2.24, 2.45) is 7.05 Å². The molecule has 0 aliphatic carbocycles. The summed E-state index contributed by atoms with van der Waals surface area (Å²) in [5.74, 6) is 0.885. The van der Waals surface area contributed by atoms with Crippen LogP contribution in [-0.2, 0) is 7.05 Å². The SMILES string of the molecule is Cn1ccc(-c2noc(-c3ccsc3N)n2)n1. The first-order chi connectivity index (χ1) is 8.24. The standard InChI is InChI=1S/C10H9N5OS/c1-15-4-2-7(13-15)9-12-10(16-14-9)6-3-5-17-8(6)11/h2-5H,11H2,1H3. The molecule has 86 valence electrons. The molecule has 7 heteroatoms. The highest BCUT2D eigenvalue weighted by molar-refractivity contribution is 7.14. The van der Waals surface area contributed by atoms with Crippen LogP contribution >= 0.6 is 11.3 Å². The predicted molar refractivity (Wildman–Crippen MR) is 64.2 cm³/mol. The lowest BCUT2D eigenvalue weighted by atomic mass is 10.3. The van der Waals surface area contributed by atoms with Gasteiger partial charge < -0.3 is 10.3 Å². The highest BCUT2D eigenvalue weighted by atomic mass is 32.1. The predicted octanol–water partition coefficient (Wildman–Crippen LogP) is 1.78. The quantitative estimate of drug-likeness (QED) is 0.746. The van der Waals surface area contributed by atoms with Gasteiger partial charge in [-0.1, -0.05) is 5.16 Å². The molecule has 0 saturated carbocycles. The van der Waals surface area contributed by atoms with E-state index in [2.05, 4.69) is 15.2 Å². The third-order valence-corrected chi connectivity index (χ3v) is 3.04. The molecule has 2 N–H and O–H groups in total. The minimum absolute atomic E-state index is 0.421. The summed E-state index contributed by atoms with van der Waals surface area (Å²) in [4.78, 5) is 4.27. The van der Waals surface area contributed by atoms with E-state index in [-0.39, 0.29) is 0 Å². The van der Waals surface area contributed by atoms with E-state index in [0.29, 0.717) is 22.4 Å². The molecule has 0 aromatic carbocycles. The van der Waals surface area contributed by atoms with Crippen LogP contribution in [0.3, 0.4) is 0 Å². The smallest absolute Gasteiger partial charge is 0.261 e. The van der Waals surface area contributed by atoms with Crippen molar-refractivity contribution in [3.05, 3.63) is 23.7 Å². The van der Waals surface area contributed by atoms with Crippen LogP contribution in [0, 0.1) is 0 Å². The topological polar surface area (TPSA) is 82.8 Å². The summed E-state index contributed by atoms with van der Waals surface area (Å²) in [7, 11) is 1.83. The fourth-order valence-corrected chi connectivity index (χ4v) is 2.10. The minimum Gasteiger partial charge on any atom is -0.390 e. The van der Waals surface area contributed by atoms with Gasteiger partial charge in [0.05, 0.1) is 10.6 Å². The average molecular weight is 247 g/mol. The van der Waals surface area contributed by atoms with Crippen LogP contribution < -0.4 is 5.73 Å². The second-order valence-corrected chi connectivity index (χ2v) is 4.44. The summed E-state index contributed by atoms with van der Waals surface area (Å²) in [6, 6.07) is 3.68. The van der Waals surface area contributed by atoms with Gasteiger partial charge in [-0.3, -0.25) is 4.68 Å². The van der Waals surface area contributed by atoms with Gasteiger partial charge in [0.15, 0.2) is 0 Å². The fraction of sp³-hybridized carbons (Fsp3) is 0.100. The molecule has 0 aliphatic heterocycles. The van der Waals surface area contributed by atoms with Crippen LogP contribution in [0.15, 0.2) is 28.2 Å². The molecule has 3 heterocycles. The van der Waals surface area contributed by atoms with Crippen molar-refractivity contribution in [1.29, 1.82) is 0 Å². The first-order valence-electron chi connectivity index (χ1n) is 4.91. The molecule has 17 heavy (non-hydrogen) atoms. The molecule has 3 aromatic heterocycles. The molecule has 6 nitrogen and oxygen atoms in total. The van der Waals surface area contributed by atoms with Gasteiger partial charge in [0.2, 0.25) is 5.82 Å². The third-order valence-electron chi connectivity index (χ3n) is 2.29. The second kappa shape index (κ2) is 3.70. The number of nitrogen functional groups attached to an aromatic ring is 1. The van der Waals surface area contributed by atoms with Gasteiger partial charge in [0, 0.05) is 13.2 Å². The van der Waals surface area contributed by atoms with Crippen LogP contribution in [-0.4, -0.2) is 19.9 Å². The lowest BCUT2D eigenvalue weighted by molar-refractivity contribution is 0.432. The molecule has 3 aromatic rings. The number of aryl methyl sites for hydroxylation is 1. The van der Waals surface area contributed by atoms with E-state index in [4.69, 9.17) is 10.3 Å². The lowest BCUT2D eigenvalue weighted by Crippen LogP contribution is -1.89. The Kier molecular flexibility index (Phi) is 2.19. The van der Waals surface area contributed by atoms with Crippen LogP contribution in [0.4, 0.5) is 5.00 Å². The van der Waals surface area contributed by atoms with E-state index >= 15 is 0 Å². The molecule has 0 saturated heterocycles. The normalized spacial score (nSPS) is 10.9. The number of aromatic nitrogens is 4. The maximum atomic E-state index is 5.80. The number of hydrogen-bond donors (Lipinski definition) is 1. The molecule has 0 atom stereocenters. The molecular formula is C10H9N5OS. The summed E-state index contributed by atoms with van der Waals surface area (Å²) < 4.78 is 6.85. The third kappa shape index (κ3) is 1.70. The van der Waals surface area contributed by atoms with Crippen molar-refractivity contribution in [2.45, 2.75) is 0 Å². The Morgan fingerprint density at radius 3 is 2.94 bits per heavy atom. The monoisotopic (exact) mass is 247 g/mol. The lowest BCUT2D eigenvalue weighted by Gasteiger charge is -1.89. The fourth-order valence-electron chi connectivity index (χ4n) is 1.47. The van der Waals surface area contributed by atoms with Crippen LogP contribution in [0.2, 0.25) is 0 Å². The Bertz CT molecular complexity index is 653. The first-order valence-corrected chi connectivity index (χ1v) is 5.79. The summed E-state index contributed by atoms with van der Waals surface area (Å²) in [6.45, 7) is 0. The minimum atomic E-state index is 0.421. The van der Waals surface area contributed by atoms with Crippen LogP contribution in [0.5, 0.6) is 0 Å². The van der Waals surface area contributed by atoms with Gasteiger partial charge in [-0.2, -0.15) is 10.1 Å². The molecule has 3 rings (SSSR count). The van der Waals surface area contributed by atoms with E-state index in [1.165, 1.54) is 11.3 Å². The van der Waals surface area contributed by atoms with Gasteiger partial charge in [-0.15, -0.1) is 11.3 Å². The summed E-state index contributed by atoms with van der Waals surface area (Å²) in [5.41, 5.74) is 7.24. The molecule has 0 fully saturated rings. The zero-order valence-electron chi connectivity index (χ0n) is 8.99. The molecule has 0 amide bonds. The van der Waals surface area contributed by atoms with E-state index in [0.717, 1.165) is 5.56 Å². The van der Waals surface area contributed by atoms with Crippen molar-refractivity contribution >= 4 is 16.3 Å². The highest BCUT2D eigenvalue weighted by Crippen LogP contribution is 2.30. The number of anilines is 1. The Labute approximate surface area is 101 Å². The van der Waals surface area contributed by atoms with Gasteiger partial charge >= 0.3 is 0 Å². The number of nitrogens with two attached hydrogens (primary N) is 1. The average Bonchev–Trinajstić information content (AvgIpc) is 2.97. The molecule has 0 aliphatic rings. The molecule has 0 unspecified atom stereocenters. The Morgan fingerprint density at radius 2 is 2.29 bits per heavy atom. The van der Waals surface area contributed by atoms with Gasteiger partial charge in [-0.25, -0.2) is 0 Å². The molecule has 0 radical (unpaired) electrons. The molecular weight excluding hydrogens is 238 g/mol. The Balaban J connectivity index is 2.01. The zero-order chi connectivity index (χ0) is 11.8. The van der Waals surface area contributed by atoms with E-state index in [1.54, 1.807) is 4.68 Å². The van der Waals surface area contributed by atoms with E-state index in [1.807, 2.05) is 30.8 Å². The number of hydrogen-bond acceptors (Lipinski definition) is 6. The number of nitrogens with zero attached hydrogens (tertiary/aromatic N) is 4. The van der Waals surface area contributed by atoms with Crippen LogP contribution in [0.25, 0.3) is 23.0 Å². The number of thiophene rings is 1. The largest absolute Gasteiger partial charge is 0.390 e. The second-order valence-electron chi connectivity index (χ2n) is 3.50. The summed E-state index contributed by atoms with van der Waals surface area (Å²) >= 11 is 1.44. The van der Waals surface area contributed by atoms with Crippen molar-refractivity contribution in [1.82, 2.24) is 19.9 Å². The summed E-state index contributed by atoms with van der Waals surface area (Å²) in [6.07, 6.45) is 1.82. The molecule has 0 spiro atoms. The van der Waals surface area contributed by atoms with Crippen molar-refractivity contribution in [2.75, 3.05) is 5.73 Å². The highest BCUT2D eigenvalue weighted by Gasteiger charge is 2.14. The maximum Gasteiger partial charge on any atom is 0.261 e. The Hall–Kier alpha value is -2.15. The van der Waals surface area contributed by atoms with E-state index < -0.39 is 0 Å². The van der Waals surface area contributed by atoms with Crippen molar-refractivity contribution in [3.63, 3.8) is 0 Å². The van der Waals surface area contributed by atoms with Gasteiger partial charge in [0.25, 0.3) is 5.89 Å². The van der Waals surface area contributed by atoms with E-state index in [9.17, 15) is 0 Å². The maximum absolute atomic E-state index is 5.80. The van der Waals surface area contributed by atoms with Crippen molar-refractivity contribution < 1.29 is 4.52 Å². The molecule has 0 bridgehead atoms. The van der Waals surface area contributed by atoms with Gasteiger partial charge in [-0.05, 0) is 17.5 Å². The van der Waals surface area contributed by atoms with Crippen LogP contribution in [0.1, 0.15) is 0 Å². The number of rotatable bonds is 2. The first kappa shape index (κ1) is 10.0.